The highest BCUT2D eigenvalue weighted by atomic mass is 16.4. The fourth-order valence-electron chi connectivity index (χ4n) is 2.39. The zero-order valence-corrected chi connectivity index (χ0v) is 11.0. The Morgan fingerprint density at radius 3 is 2.89 bits per heavy atom. The predicted molar refractivity (Wildman–Crippen MR) is 71.1 cm³/mol. The number of carboxylic acids is 1. The van der Waals surface area contributed by atoms with E-state index in [-0.39, 0.29) is 12.5 Å². The molecule has 0 bridgehead atoms. The number of aliphatic carboxylic acids is 1. The van der Waals surface area contributed by atoms with Crippen LogP contribution in [-0.4, -0.2) is 41.5 Å². The normalized spacial score (nSPS) is 13.7. The van der Waals surface area contributed by atoms with Crippen molar-refractivity contribution in [1.82, 2.24) is 10.2 Å². The van der Waals surface area contributed by atoms with Gasteiger partial charge in [-0.2, -0.15) is 0 Å². The van der Waals surface area contributed by atoms with Crippen LogP contribution in [0.3, 0.4) is 0 Å². The number of carbonyl (C=O) groups excluding carboxylic acids is 1. The second-order valence-electron chi connectivity index (χ2n) is 4.58. The van der Waals surface area contributed by atoms with Gasteiger partial charge in [0.05, 0.1) is 0 Å². The summed E-state index contributed by atoms with van der Waals surface area (Å²) in [6.45, 7) is 3.55. The van der Waals surface area contributed by atoms with Crippen molar-refractivity contribution in [3.8, 4) is 0 Å². The molecule has 1 aromatic carbocycles. The summed E-state index contributed by atoms with van der Waals surface area (Å²) in [5.74, 6) is -1.18. The second kappa shape index (κ2) is 5.84. The van der Waals surface area contributed by atoms with E-state index < -0.39 is 5.97 Å². The topological polar surface area (TPSA) is 69.6 Å². The van der Waals surface area contributed by atoms with Crippen LogP contribution in [0.5, 0.6) is 0 Å². The molecule has 5 nitrogen and oxygen atoms in total. The molecule has 0 aromatic heterocycles. The summed E-state index contributed by atoms with van der Waals surface area (Å²) in [6.07, 6.45) is 0.807. The summed E-state index contributed by atoms with van der Waals surface area (Å²) in [7, 11) is 0. The molecule has 0 saturated carbocycles. The predicted octanol–water partition coefficient (Wildman–Crippen LogP) is 0.879. The van der Waals surface area contributed by atoms with Gasteiger partial charge in [0, 0.05) is 18.7 Å². The van der Waals surface area contributed by atoms with Crippen LogP contribution in [0.15, 0.2) is 18.2 Å². The highest BCUT2D eigenvalue weighted by Gasteiger charge is 2.22. The lowest BCUT2D eigenvalue weighted by atomic mass is 9.95. The number of carboxylic acid groups (broad SMARTS) is 1. The maximum atomic E-state index is 12.4. The molecule has 2 N–H and O–H groups in total. The van der Waals surface area contributed by atoms with Crippen molar-refractivity contribution in [3.05, 3.63) is 34.9 Å². The Hall–Kier alpha value is -1.88. The van der Waals surface area contributed by atoms with Gasteiger partial charge in [-0.25, -0.2) is 0 Å². The molecule has 0 spiro atoms. The van der Waals surface area contributed by atoms with E-state index in [1.165, 1.54) is 4.90 Å². The van der Waals surface area contributed by atoms with E-state index in [1.54, 1.807) is 13.0 Å². The molecular formula is C14H18N2O3. The van der Waals surface area contributed by atoms with Crippen LogP contribution in [0.4, 0.5) is 0 Å². The van der Waals surface area contributed by atoms with Gasteiger partial charge in [-0.1, -0.05) is 12.1 Å². The van der Waals surface area contributed by atoms with Gasteiger partial charge in [0.25, 0.3) is 5.91 Å². The number of carbonyl (C=O) groups is 2. The Morgan fingerprint density at radius 2 is 2.21 bits per heavy atom. The monoisotopic (exact) mass is 262 g/mol. The average molecular weight is 262 g/mol. The minimum atomic E-state index is -0.985. The molecule has 0 saturated heterocycles. The number of hydrogen-bond acceptors (Lipinski definition) is 3. The molecule has 1 aliphatic heterocycles. The number of nitrogens with one attached hydrogen (secondary N) is 1. The van der Waals surface area contributed by atoms with Crippen LogP contribution in [0, 0.1) is 0 Å². The molecule has 0 aliphatic carbocycles. The highest BCUT2D eigenvalue weighted by Crippen LogP contribution is 2.20. The Kier molecular flexibility index (Phi) is 4.16. The Bertz CT molecular complexity index is 499. The molecular weight excluding hydrogens is 244 g/mol. The lowest BCUT2D eigenvalue weighted by molar-refractivity contribution is -0.137. The van der Waals surface area contributed by atoms with Crippen molar-refractivity contribution in [2.45, 2.75) is 19.9 Å². The summed E-state index contributed by atoms with van der Waals surface area (Å²) in [6, 6.07) is 5.65. The molecule has 5 heteroatoms. The summed E-state index contributed by atoms with van der Waals surface area (Å²) in [5.41, 5.74) is 2.82. The van der Waals surface area contributed by atoms with Gasteiger partial charge in [0.1, 0.15) is 6.54 Å². The highest BCUT2D eigenvalue weighted by molar-refractivity contribution is 5.97. The van der Waals surface area contributed by atoms with Gasteiger partial charge < -0.3 is 15.3 Å². The molecule has 102 valence electrons. The summed E-state index contributed by atoms with van der Waals surface area (Å²) in [4.78, 5) is 24.6. The quantitative estimate of drug-likeness (QED) is 0.845. The van der Waals surface area contributed by atoms with Gasteiger partial charge in [-0.3, -0.25) is 9.59 Å². The third-order valence-corrected chi connectivity index (χ3v) is 3.37. The number of nitrogens with zero attached hydrogens (tertiary/aromatic N) is 1. The summed E-state index contributed by atoms with van der Waals surface area (Å²) >= 11 is 0. The SMILES string of the molecule is CCN(CC(=O)O)C(=O)c1cccc2c1CCNC2. The fraction of sp³-hybridized carbons (Fsp3) is 0.429. The lowest BCUT2D eigenvalue weighted by Gasteiger charge is -2.24. The molecule has 2 rings (SSSR count). The molecule has 1 heterocycles. The zero-order valence-electron chi connectivity index (χ0n) is 11.0. The van der Waals surface area contributed by atoms with E-state index in [4.69, 9.17) is 5.11 Å². The Labute approximate surface area is 112 Å². The lowest BCUT2D eigenvalue weighted by Crippen LogP contribution is -2.37. The van der Waals surface area contributed by atoms with Crippen molar-refractivity contribution in [2.24, 2.45) is 0 Å². The molecule has 0 fully saturated rings. The van der Waals surface area contributed by atoms with E-state index >= 15 is 0 Å². The first kappa shape index (κ1) is 13.5. The molecule has 1 aromatic rings. The van der Waals surface area contributed by atoms with Gasteiger partial charge in [0.15, 0.2) is 0 Å². The standard InChI is InChI=1S/C14H18N2O3/c1-2-16(9-13(17)18)14(19)12-5-3-4-10-8-15-7-6-11(10)12/h3-5,15H,2,6-9H2,1H3,(H,17,18). The van der Waals surface area contributed by atoms with Gasteiger partial charge >= 0.3 is 5.97 Å². The van der Waals surface area contributed by atoms with E-state index in [9.17, 15) is 9.59 Å². The number of rotatable bonds is 4. The minimum absolute atomic E-state index is 0.191. The zero-order chi connectivity index (χ0) is 13.8. The molecule has 1 amide bonds. The van der Waals surface area contributed by atoms with E-state index in [0.29, 0.717) is 12.1 Å². The van der Waals surface area contributed by atoms with Gasteiger partial charge in [0.2, 0.25) is 0 Å². The van der Waals surface area contributed by atoms with Crippen molar-refractivity contribution < 1.29 is 14.7 Å². The average Bonchev–Trinajstić information content (AvgIpc) is 2.43. The Morgan fingerprint density at radius 1 is 1.42 bits per heavy atom. The van der Waals surface area contributed by atoms with E-state index in [0.717, 1.165) is 30.6 Å². The molecule has 0 radical (unpaired) electrons. The van der Waals surface area contributed by atoms with Crippen LogP contribution in [-0.2, 0) is 17.8 Å². The number of amides is 1. The van der Waals surface area contributed by atoms with Crippen LogP contribution >= 0.6 is 0 Å². The van der Waals surface area contributed by atoms with Crippen LogP contribution < -0.4 is 5.32 Å². The first-order valence-corrected chi connectivity index (χ1v) is 6.46. The van der Waals surface area contributed by atoms with Crippen molar-refractivity contribution in [1.29, 1.82) is 0 Å². The molecule has 0 atom stereocenters. The smallest absolute Gasteiger partial charge is 0.323 e. The second-order valence-corrected chi connectivity index (χ2v) is 4.58. The first-order valence-electron chi connectivity index (χ1n) is 6.46. The minimum Gasteiger partial charge on any atom is -0.480 e. The molecule has 19 heavy (non-hydrogen) atoms. The third kappa shape index (κ3) is 2.93. The first-order chi connectivity index (χ1) is 9.13. The number of benzene rings is 1. The van der Waals surface area contributed by atoms with Crippen LogP contribution in [0.1, 0.15) is 28.4 Å². The fourth-order valence-corrected chi connectivity index (χ4v) is 2.39. The van der Waals surface area contributed by atoms with Crippen molar-refractivity contribution >= 4 is 11.9 Å². The molecule has 1 aliphatic rings. The number of likely N-dealkylation sites (N-methyl/N-ethyl adjacent to an activating group) is 1. The third-order valence-electron chi connectivity index (χ3n) is 3.37. The number of fused-ring (bicyclic) bond motifs is 1. The molecule has 0 unspecified atom stereocenters. The van der Waals surface area contributed by atoms with Crippen molar-refractivity contribution in [3.63, 3.8) is 0 Å². The maximum Gasteiger partial charge on any atom is 0.323 e. The van der Waals surface area contributed by atoms with Crippen LogP contribution in [0.2, 0.25) is 0 Å². The largest absolute Gasteiger partial charge is 0.480 e. The number of hydrogen-bond donors (Lipinski definition) is 2. The maximum absolute atomic E-state index is 12.4. The van der Waals surface area contributed by atoms with Crippen molar-refractivity contribution in [2.75, 3.05) is 19.6 Å². The van der Waals surface area contributed by atoms with E-state index in [1.807, 2.05) is 12.1 Å². The Balaban J connectivity index is 2.30. The van der Waals surface area contributed by atoms with E-state index in [2.05, 4.69) is 5.32 Å². The summed E-state index contributed by atoms with van der Waals surface area (Å²) in [5, 5.41) is 12.1. The van der Waals surface area contributed by atoms with Crippen LogP contribution in [0.25, 0.3) is 0 Å². The van der Waals surface area contributed by atoms with Gasteiger partial charge in [-0.05, 0) is 37.1 Å². The van der Waals surface area contributed by atoms with Gasteiger partial charge in [-0.15, -0.1) is 0 Å². The summed E-state index contributed by atoms with van der Waals surface area (Å²) < 4.78 is 0.